The number of pyridine rings is 1. The molecule has 10 rings (SSSR count). The standard InChI is InChI=1S/C46H30N2/c1-27-25-40-37(26-38(27)47)43(34-19-10-11-22-39(34)48-40)33-23-24-36-44-32(33)20-12-21-35(44)45-41(28-13-4-2-5-14-28)30-17-8-9-18-31(30)42(46(36)45)29-15-6-3-7-16-29/h2-26H,47H2,1H3. The summed E-state index contributed by atoms with van der Waals surface area (Å²) in [4.78, 5) is 5.09. The molecule has 8 aromatic carbocycles. The van der Waals surface area contributed by atoms with E-state index in [0.29, 0.717) is 0 Å². The molecule has 224 valence electrons. The maximum atomic E-state index is 6.57. The lowest BCUT2D eigenvalue weighted by atomic mass is 9.82. The van der Waals surface area contributed by atoms with Crippen LogP contribution in [0.15, 0.2) is 152 Å². The van der Waals surface area contributed by atoms with E-state index in [1.165, 1.54) is 77.2 Å². The molecular weight excluding hydrogens is 581 g/mol. The number of rotatable bonds is 3. The molecule has 2 heteroatoms. The molecule has 0 radical (unpaired) electrons. The van der Waals surface area contributed by atoms with Crippen molar-refractivity contribution in [3.05, 3.63) is 157 Å². The second-order valence-electron chi connectivity index (χ2n) is 12.9. The normalized spacial score (nSPS) is 11.9. The molecule has 0 saturated heterocycles. The van der Waals surface area contributed by atoms with Crippen molar-refractivity contribution < 1.29 is 0 Å². The van der Waals surface area contributed by atoms with Crippen LogP contribution in [0.25, 0.3) is 99.0 Å². The molecule has 9 aromatic rings. The monoisotopic (exact) mass is 610 g/mol. The van der Waals surface area contributed by atoms with Gasteiger partial charge in [0.1, 0.15) is 0 Å². The van der Waals surface area contributed by atoms with Gasteiger partial charge in [-0.15, -0.1) is 0 Å². The van der Waals surface area contributed by atoms with Crippen molar-refractivity contribution in [1.82, 2.24) is 4.98 Å². The van der Waals surface area contributed by atoms with Gasteiger partial charge in [0.05, 0.1) is 11.0 Å². The Balaban J connectivity index is 1.39. The van der Waals surface area contributed by atoms with Gasteiger partial charge >= 0.3 is 0 Å². The fourth-order valence-corrected chi connectivity index (χ4v) is 8.18. The Kier molecular flexibility index (Phi) is 5.68. The largest absolute Gasteiger partial charge is 0.398 e. The van der Waals surface area contributed by atoms with Crippen molar-refractivity contribution in [2.45, 2.75) is 6.92 Å². The zero-order valence-electron chi connectivity index (χ0n) is 26.5. The van der Waals surface area contributed by atoms with Crippen molar-refractivity contribution in [3.8, 4) is 55.6 Å². The van der Waals surface area contributed by atoms with Crippen molar-refractivity contribution in [1.29, 1.82) is 0 Å². The van der Waals surface area contributed by atoms with Gasteiger partial charge in [-0.05, 0) is 102 Å². The van der Waals surface area contributed by atoms with E-state index >= 15 is 0 Å². The molecule has 1 aliphatic rings. The molecule has 1 aromatic heterocycles. The van der Waals surface area contributed by atoms with Crippen LogP contribution in [0.2, 0.25) is 0 Å². The predicted octanol–water partition coefficient (Wildman–Crippen LogP) is 12.2. The van der Waals surface area contributed by atoms with Gasteiger partial charge in [-0.25, -0.2) is 4.98 Å². The van der Waals surface area contributed by atoms with E-state index < -0.39 is 0 Å². The van der Waals surface area contributed by atoms with Crippen molar-refractivity contribution in [2.24, 2.45) is 0 Å². The highest BCUT2D eigenvalue weighted by Gasteiger charge is 2.31. The first-order valence-electron chi connectivity index (χ1n) is 16.5. The summed E-state index contributed by atoms with van der Waals surface area (Å²) in [5.74, 6) is 0. The van der Waals surface area contributed by atoms with E-state index in [0.717, 1.165) is 33.1 Å². The van der Waals surface area contributed by atoms with E-state index in [1.54, 1.807) is 0 Å². The summed E-state index contributed by atoms with van der Waals surface area (Å²) < 4.78 is 0. The van der Waals surface area contributed by atoms with Crippen molar-refractivity contribution in [2.75, 3.05) is 5.73 Å². The Bertz CT molecular complexity index is 2690. The zero-order valence-corrected chi connectivity index (χ0v) is 26.5. The summed E-state index contributed by atoms with van der Waals surface area (Å²) in [6.45, 7) is 2.06. The number of benzene rings is 8. The molecule has 2 nitrogen and oxygen atoms in total. The summed E-state index contributed by atoms with van der Waals surface area (Å²) in [6.07, 6.45) is 0. The van der Waals surface area contributed by atoms with Gasteiger partial charge in [-0.3, -0.25) is 0 Å². The number of aryl methyl sites for hydroxylation is 1. The minimum atomic E-state index is 0.783. The van der Waals surface area contributed by atoms with E-state index in [2.05, 4.69) is 159 Å². The molecule has 1 heterocycles. The van der Waals surface area contributed by atoms with Gasteiger partial charge in [0.15, 0.2) is 0 Å². The van der Waals surface area contributed by atoms with Crippen LogP contribution >= 0.6 is 0 Å². The van der Waals surface area contributed by atoms with Gasteiger partial charge in [0, 0.05) is 22.0 Å². The summed E-state index contributed by atoms with van der Waals surface area (Å²) in [7, 11) is 0. The molecule has 0 spiro atoms. The number of hydrogen-bond acceptors (Lipinski definition) is 2. The highest BCUT2D eigenvalue weighted by molar-refractivity contribution is 6.30. The van der Waals surface area contributed by atoms with Gasteiger partial charge < -0.3 is 5.73 Å². The topological polar surface area (TPSA) is 38.9 Å². The third kappa shape index (κ3) is 3.72. The minimum Gasteiger partial charge on any atom is -0.398 e. The number of nitrogen functional groups attached to an aromatic ring is 1. The fourth-order valence-electron chi connectivity index (χ4n) is 8.18. The molecule has 0 amide bonds. The molecule has 1 aliphatic carbocycles. The second kappa shape index (κ2) is 10.1. The Labute approximate surface area is 278 Å². The average molecular weight is 611 g/mol. The highest BCUT2D eigenvalue weighted by atomic mass is 14.7. The molecule has 0 saturated carbocycles. The lowest BCUT2D eigenvalue weighted by molar-refractivity contribution is 1.44. The molecule has 0 atom stereocenters. The number of para-hydroxylation sites is 1. The summed E-state index contributed by atoms with van der Waals surface area (Å²) in [5, 5.41) is 7.27. The quantitative estimate of drug-likeness (QED) is 0.160. The van der Waals surface area contributed by atoms with Gasteiger partial charge in [-0.1, -0.05) is 133 Å². The molecule has 0 fully saturated rings. The summed E-state index contributed by atoms with van der Waals surface area (Å²) in [5.41, 5.74) is 22.9. The third-order valence-electron chi connectivity index (χ3n) is 10.3. The van der Waals surface area contributed by atoms with Crippen LogP contribution in [-0.2, 0) is 0 Å². The first kappa shape index (κ1) is 26.9. The van der Waals surface area contributed by atoms with Crippen LogP contribution in [0.5, 0.6) is 0 Å². The zero-order chi connectivity index (χ0) is 31.9. The van der Waals surface area contributed by atoms with Crippen LogP contribution < -0.4 is 5.73 Å². The van der Waals surface area contributed by atoms with Crippen LogP contribution in [0.4, 0.5) is 5.69 Å². The Morgan fingerprint density at radius 3 is 1.60 bits per heavy atom. The maximum Gasteiger partial charge on any atom is 0.0720 e. The molecular formula is C46H30N2. The number of hydrogen-bond donors (Lipinski definition) is 1. The van der Waals surface area contributed by atoms with Gasteiger partial charge in [-0.2, -0.15) is 0 Å². The predicted molar refractivity (Wildman–Crippen MR) is 204 cm³/mol. The van der Waals surface area contributed by atoms with E-state index in [-0.39, 0.29) is 0 Å². The number of nitrogens with two attached hydrogens (primary N) is 1. The first-order valence-corrected chi connectivity index (χ1v) is 16.5. The van der Waals surface area contributed by atoms with E-state index in [9.17, 15) is 0 Å². The first-order chi connectivity index (χ1) is 23.7. The highest BCUT2D eigenvalue weighted by Crippen LogP contribution is 2.58. The smallest absolute Gasteiger partial charge is 0.0720 e. The number of fused-ring (bicyclic) bond motifs is 6. The third-order valence-corrected chi connectivity index (χ3v) is 10.3. The second-order valence-corrected chi connectivity index (χ2v) is 12.9. The molecule has 0 unspecified atom stereocenters. The van der Waals surface area contributed by atoms with Crippen LogP contribution in [0.1, 0.15) is 5.56 Å². The minimum absolute atomic E-state index is 0.783. The Morgan fingerprint density at radius 2 is 0.938 bits per heavy atom. The lowest BCUT2D eigenvalue weighted by Crippen LogP contribution is -1.95. The SMILES string of the molecule is Cc1cc2nc3ccccc3c(-c3ccc4c5c(cccc35)-c3c-4c(-c4ccccc4)c4ccccc4c3-c3ccccc3)c2cc1N. The lowest BCUT2D eigenvalue weighted by Gasteiger charge is -2.20. The maximum absolute atomic E-state index is 6.57. The molecule has 48 heavy (non-hydrogen) atoms. The number of anilines is 1. The van der Waals surface area contributed by atoms with Crippen LogP contribution in [-0.4, -0.2) is 4.98 Å². The molecule has 0 bridgehead atoms. The number of aromatic nitrogens is 1. The number of nitrogens with zero attached hydrogens (tertiary/aromatic N) is 1. The Hall–Kier alpha value is -6.25. The summed E-state index contributed by atoms with van der Waals surface area (Å²) in [6, 6.07) is 55.0. The summed E-state index contributed by atoms with van der Waals surface area (Å²) >= 11 is 0. The average Bonchev–Trinajstić information content (AvgIpc) is 3.46. The van der Waals surface area contributed by atoms with E-state index in [4.69, 9.17) is 10.7 Å². The van der Waals surface area contributed by atoms with Crippen molar-refractivity contribution >= 4 is 49.0 Å². The Morgan fingerprint density at radius 1 is 0.396 bits per heavy atom. The molecule has 0 aliphatic heterocycles. The van der Waals surface area contributed by atoms with Gasteiger partial charge in [0.2, 0.25) is 0 Å². The van der Waals surface area contributed by atoms with Crippen molar-refractivity contribution in [3.63, 3.8) is 0 Å². The molecule has 2 N–H and O–H groups in total. The van der Waals surface area contributed by atoms with Crippen LogP contribution in [0, 0.1) is 6.92 Å². The fraction of sp³-hybridized carbons (Fsp3) is 0.0217. The van der Waals surface area contributed by atoms with Gasteiger partial charge in [0.25, 0.3) is 0 Å². The van der Waals surface area contributed by atoms with E-state index in [1.807, 2.05) is 0 Å². The van der Waals surface area contributed by atoms with Crippen LogP contribution in [0.3, 0.4) is 0 Å².